The summed E-state index contributed by atoms with van der Waals surface area (Å²) in [4.78, 5) is 17.0. The molecule has 174 valence electrons. The predicted octanol–water partition coefficient (Wildman–Crippen LogP) is 3.55. The number of hydrogen-bond acceptors (Lipinski definition) is 8. The molecule has 2 aromatic carbocycles. The van der Waals surface area contributed by atoms with Crippen LogP contribution in [0, 0.1) is 0 Å². The number of piperazine rings is 1. The Morgan fingerprint density at radius 1 is 1.00 bits per heavy atom. The van der Waals surface area contributed by atoms with E-state index in [0.717, 1.165) is 49.7 Å². The second-order valence-electron chi connectivity index (χ2n) is 7.60. The van der Waals surface area contributed by atoms with Crippen LogP contribution in [0.15, 0.2) is 48.5 Å². The molecule has 3 N–H and O–H groups in total. The van der Waals surface area contributed by atoms with Gasteiger partial charge in [0.2, 0.25) is 11.9 Å². The van der Waals surface area contributed by atoms with E-state index in [1.54, 1.807) is 7.11 Å². The van der Waals surface area contributed by atoms with Crippen molar-refractivity contribution in [2.45, 2.75) is 12.7 Å². The minimum atomic E-state index is -4.44. The van der Waals surface area contributed by atoms with Crippen LogP contribution in [-0.2, 0) is 12.7 Å². The third-order valence-electron chi connectivity index (χ3n) is 5.30. The van der Waals surface area contributed by atoms with Crippen molar-refractivity contribution in [3.8, 4) is 5.75 Å². The Balaban J connectivity index is 1.40. The van der Waals surface area contributed by atoms with Crippen LogP contribution in [0.5, 0.6) is 5.75 Å². The van der Waals surface area contributed by atoms with E-state index < -0.39 is 11.7 Å². The number of anilines is 4. The van der Waals surface area contributed by atoms with Gasteiger partial charge in [0.05, 0.1) is 19.2 Å². The van der Waals surface area contributed by atoms with Gasteiger partial charge >= 0.3 is 6.18 Å². The molecule has 11 heteroatoms. The maximum Gasteiger partial charge on any atom is 0.416 e. The Kier molecular flexibility index (Phi) is 6.50. The third kappa shape index (κ3) is 5.80. The summed E-state index contributed by atoms with van der Waals surface area (Å²) in [6, 6.07) is 12.8. The van der Waals surface area contributed by atoms with E-state index in [-0.39, 0.29) is 17.6 Å². The topological polar surface area (TPSA) is 92.4 Å². The smallest absolute Gasteiger partial charge is 0.416 e. The average molecular weight is 459 g/mol. The van der Waals surface area contributed by atoms with Crippen molar-refractivity contribution < 1.29 is 17.9 Å². The van der Waals surface area contributed by atoms with Crippen molar-refractivity contribution in [1.82, 2.24) is 19.9 Å². The summed E-state index contributed by atoms with van der Waals surface area (Å²) in [5.41, 5.74) is 6.38. The van der Waals surface area contributed by atoms with Gasteiger partial charge in [0.15, 0.2) is 0 Å². The van der Waals surface area contributed by atoms with Crippen LogP contribution in [0.2, 0.25) is 0 Å². The lowest BCUT2D eigenvalue weighted by molar-refractivity contribution is -0.137. The van der Waals surface area contributed by atoms with Gasteiger partial charge in [0.1, 0.15) is 11.6 Å². The summed E-state index contributed by atoms with van der Waals surface area (Å²) in [5.74, 6) is 1.37. The van der Waals surface area contributed by atoms with Crippen LogP contribution in [0.4, 0.5) is 36.4 Å². The van der Waals surface area contributed by atoms with Crippen molar-refractivity contribution in [1.29, 1.82) is 0 Å². The SMILES string of the molecule is COc1cccc(N2CCN(Cc3nc(N)nc(Nc4cccc(C(F)(F)F)c4)n3)CC2)c1. The highest BCUT2D eigenvalue weighted by Gasteiger charge is 2.30. The van der Waals surface area contributed by atoms with Gasteiger partial charge in [-0.05, 0) is 30.3 Å². The summed E-state index contributed by atoms with van der Waals surface area (Å²) in [6.07, 6.45) is -4.44. The zero-order valence-electron chi connectivity index (χ0n) is 18.0. The summed E-state index contributed by atoms with van der Waals surface area (Å²) in [5, 5.41) is 2.79. The Hall–Kier alpha value is -3.60. The van der Waals surface area contributed by atoms with E-state index in [0.29, 0.717) is 12.4 Å². The molecule has 0 spiro atoms. The molecular weight excluding hydrogens is 435 g/mol. The monoisotopic (exact) mass is 459 g/mol. The van der Waals surface area contributed by atoms with Gasteiger partial charge < -0.3 is 20.7 Å². The molecule has 0 saturated carbocycles. The molecule has 1 aliphatic rings. The number of nitrogen functional groups attached to an aromatic ring is 1. The first-order valence-corrected chi connectivity index (χ1v) is 10.4. The van der Waals surface area contributed by atoms with E-state index in [1.165, 1.54) is 12.1 Å². The lowest BCUT2D eigenvalue weighted by Crippen LogP contribution is -2.46. The highest BCUT2D eigenvalue weighted by Crippen LogP contribution is 2.31. The van der Waals surface area contributed by atoms with Gasteiger partial charge in [-0.15, -0.1) is 0 Å². The molecule has 0 unspecified atom stereocenters. The molecule has 1 saturated heterocycles. The second-order valence-corrected chi connectivity index (χ2v) is 7.60. The van der Waals surface area contributed by atoms with Crippen molar-refractivity contribution >= 4 is 23.3 Å². The van der Waals surface area contributed by atoms with Crippen LogP contribution >= 0.6 is 0 Å². The van der Waals surface area contributed by atoms with Crippen LogP contribution < -0.4 is 20.7 Å². The van der Waals surface area contributed by atoms with E-state index >= 15 is 0 Å². The van der Waals surface area contributed by atoms with Gasteiger partial charge in [-0.2, -0.15) is 28.1 Å². The van der Waals surface area contributed by atoms with Crippen LogP contribution in [0.3, 0.4) is 0 Å². The molecule has 1 aromatic heterocycles. The Morgan fingerprint density at radius 3 is 2.48 bits per heavy atom. The molecule has 0 amide bonds. The molecular formula is C22H24F3N7O. The Bertz CT molecular complexity index is 1100. The maximum absolute atomic E-state index is 13.0. The third-order valence-corrected chi connectivity index (χ3v) is 5.30. The van der Waals surface area contributed by atoms with Crippen molar-refractivity contribution in [3.63, 3.8) is 0 Å². The number of methoxy groups -OCH3 is 1. The summed E-state index contributed by atoms with van der Waals surface area (Å²) >= 11 is 0. The molecule has 0 aliphatic carbocycles. The fourth-order valence-electron chi connectivity index (χ4n) is 3.64. The summed E-state index contributed by atoms with van der Waals surface area (Å²) in [7, 11) is 1.65. The average Bonchev–Trinajstić information content (AvgIpc) is 2.79. The van der Waals surface area contributed by atoms with Gasteiger partial charge in [0, 0.05) is 43.6 Å². The quantitative estimate of drug-likeness (QED) is 0.578. The molecule has 2 heterocycles. The fourth-order valence-corrected chi connectivity index (χ4v) is 3.64. The number of alkyl halides is 3. The van der Waals surface area contributed by atoms with Crippen molar-refractivity contribution in [2.75, 3.05) is 49.2 Å². The summed E-state index contributed by atoms with van der Waals surface area (Å²) < 4.78 is 44.2. The maximum atomic E-state index is 13.0. The van der Waals surface area contributed by atoms with Crippen LogP contribution in [0.25, 0.3) is 0 Å². The summed E-state index contributed by atoms with van der Waals surface area (Å²) in [6.45, 7) is 3.68. The van der Waals surface area contributed by atoms with Crippen LogP contribution in [-0.4, -0.2) is 53.1 Å². The van der Waals surface area contributed by atoms with Gasteiger partial charge in [-0.1, -0.05) is 12.1 Å². The number of halogens is 3. The first kappa shape index (κ1) is 22.6. The lowest BCUT2D eigenvalue weighted by atomic mass is 10.2. The standard InChI is InChI=1S/C22H24F3N7O/c1-33-18-7-3-6-17(13-18)32-10-8-31(9-11-32)14-19-28-20(26)30-21(29-19)27-16-5-2-4-15(12-16)22(23,24)25/h2-7,12-13H,8-11,14H2,1H3,(H3,26,27,28,29,30). The molecule has 0 radical (unpaired) electrons. The Morgan fingerprint density at radius 2 is 1.76 bits per heavy atom. The highest BCUT2D eigenvalue weighted by atomic mass is 19.4. The molecule has 33 heavy (non-hydrogen) atoms. The molecule has 1 fully saturated rings. The highest BCUT2D eigenvalue weighted by molar-refractivity contribution is 5.55. The number of nitrogens with two attached hydrogens (primary N) is 1. The number of aromatic nitrogens is 3. The first-order chi connectivity index (χ1) is 15.8. The minimum Gasteiger partial charge on any atom is -0.497 e. The second kappa shape index (κ2) is 9.49. The molecule has 3 aromatic rings. The molecule has 1 aliphatic heterocycles. The van der Waals surface area contributed by atoms with E-state index in [2.05, 4.69) is 36.1 Å². The number of ether oxygens (including phenoxy) is 1. The Labute approximate surface area is 189 Å². The zero-order valence-corrected chi connectivity index (χ0v) is 18.0. The minimum absolute atomic E-state index is 0.00416. The number of benzene rings is 2. The van der Waals surface area contributed by atoms with E-state index in [9.17, 15) is 13.2 Å². The molecule has 0 atom stereocenters. The van der Waals surface area contributed by atoms with Gasteiger partial charge in [-0.3, -0.25) is 4.90 Å². The number of hydrogen-bond donors (Lipinski definition) is 2. The van der Waals surface area contributed by atoms with Crippen LogP contribution in [0.1, 0.15) is 11.4 Å². The molecule has 4 rings (SSSR count). The lowest BCUT2D eigenvalue weighted by Gasteiger charge is -2.35. The number of nitrogens with zero attached hydrogens (tertiary/aromatic N) is 5. The van der Waals surface area contributed by atoms with Crippen molar-refractivity contribution in [3.05, 3.63) is 59.9 Å². The van der Waals surface area contributed by atoms with E-state index in [1.807, 2.05) is 18.2 Å². The van der Waals surface area contributed by atoms with Crippen molar-refractivity contribution in [2.24, 2.45) is 0 Å². The predicted molar refractivity (Wildman–Crippen MR) is 119 cm³/mol. The molecule has 8 nitrogen and oxygen atoms in total. The molecule has 0 bridgehead atoms. The fraction of sp³-hybridized carbons (Fsp3) is 0.318. The van der Waals surface area contributed by atoms with Gasteiger partial charge in [-0.25, -0.2) is 0 Å². The van der Waals surface area contributed by atoms with E-state index in [4.69, 9.17) is 10.5 Å². The first-order valence-electron chi connectivity index (χ1n) is 10.4. The largest absolute Gasteiger partial charge is 0.497 e. The number of nitrogens with one attached hydrogen (secondary N) is 1. The zero-order chi connectivity index (χ0) is 23.4. The number of rotatable bonds is 6. The van der Waals surface area contributed by atoms with Gasteiger partial charge in [0.25, 0.3) is 0 Å². The normalized spacial score (nSPS) is 14.8.